The molecule has 0 saturated carbocycles. The molecule has 31 heavy (non-hydrogen) atoms. The molecule has 1 atom stereocenters. The number of piperidine rings is 1. The molecule has 1 unspecified atom stereocenters. The van der Waals surface area contributed by atoms with Gasteiger partial charge in [0.05, 0.1) is 19.3 Å². The summed E-state index contributed by atoms with van der Waals surface area (Å²) in [6, 6.07) is 7.68. The maximum absolute atomic E-state index is 12.7. The lowest BCUT2D eigenvalue weighted by molar-refractivity contribution is -0.122. The normalized spacial score (nSPS) is 16.5. The third-order valence-electron chi connectivity index (χ3n) is 5.60. The number of imidazole rings is 1. The smallest absolute Gasteiger partial charge is 0.290 e. The summed E-state index contributed by atoms with van der Waals surface area (Å²) in [6.07, 6.45) is 7.01. The van der Waals surface area contributed by atoms with Gasteiger partial charge in [-0.05, 0) is 43.7 Å². The Labute approximate surface area is 179 Å². The van der Waals surface area contributed by atoms with Crippen LogP contribution in [0, 0.1) is 0 Å². The van der Waals surface area contributed by atoms with E-state index in [2.05, 4.69) is 14.9 Å². The number of aromatic nitrogens is 3. The number of fused-ring (bicyclic) bond motifs is 1. The van der Waals surface area contributed by atoms with E-state index in [-0.39, 0.29) is 24.7 Å². The van der Waals surface area contributed by atoms with Gasteiger partial charge < -0.3 is 24.5 Å². The van der Waals surface area contributed by atoms with Crippen LogP contribution in [0.5, 0.6) is 5.75 Å². The number of hydrogen-bond donors (Lipinski definition) is 3. The monoisotopic (exact) mass is 428 g/mol. The van der Waals surface area contributed by atoms with Crippen LogP contribution in [-0.2, 0) is 11.3 Å². The van der Waals surface area contributed by atoms with Crippen molar-refractivity contribution in [2.75, 3.05) is 26.8 Å². The summed E-state index contributed by atoms with van der Waals surface area (Å²) < 4.78 is 7.31. The predicted octanol–water partition coefficient (Wildman–Crippen LogP) is 1.95. The van der Waals surface area contributed by atoms with Gasteiger partial charge >= 0.3 is 0 Å². The molecule has 0 spiro atoms. The van der Waals surface area contributed by atoms with E-state index in [9.17, 15) is 9.90 Å². The second-order valence-electron chi connectivity index (χ2n) is 7.38. The first-order chi connectivity index (χ1) is 15.1. The Kier molecular flexibility index (Phi) is 7.80. The third kappa shape index (κ3) is 5.31. The molecule has 0 amide bonds. The molecule has 1 fully saturated rings. The van der Waals surface area contributed by atoms with Gasteiger partial charge in [0.1, 0.15) is 11.6 Å². The van der Waals surface area contributed by atoms with Crippen molar-refractivity contribution in [3.8, 4) is 17.1 Å². The largest absolute Gasteiger partial charge is 0.497 e. The zero-order valence-electron chi connectivity index (χ0n) is 17.5. The highest BCUT2D eigenvalue weighted by Crippen LogP contribution is 2.23. The number of aromatic amines is 1. The molecule has 2 aromatic heterocycles. The van der Waals surface area contributed by atoms with Crippen molar-refractivity contribution >= 4 is 17.4 Å². The molecule has 3 N–H and O–H groups in total. The summed E-state index contributed by atoms with van der Waals surface area (Å²) in [7, 11) is 1.63. The number of aliphatic hydroxyl groups is 1. The lowest BCUT2D eigenvalue weighted by atomic mass is 10.0. The molecule has 166 valence electrons. The summed E-state index contributed by atoms with van der Waals surface area (Å²) in [6.45, 7) is 2.50. The van der Waals surface area contributed by atoms with Crippen LogP contribution in [0.25, 0.3) is 22.3 Å². The zero-order chi connectivity index (χ0) is 22.2. The Morgan fingerprint density at radius 1 is 1.29 bits per heavy atom. The van der Waals surface area contributed by atoms with Crippen LogP contribution >= 0.6 is 0 Å². The first-order valence-electron chi connectivity index (χ1n) is 10.3. The fraction of sp³-hybridized carbons (Fsp3) is 0.409. The molecule has 9 heteroatoms. The van der Waals surface area contributed by atoms with Crippen LogP contribution in [0.4, 0.5) is 0 Å². The molecule has 9 nitrogen and oxygen atoms in total. The van der Waals surface area contributed by atoms with Crippen molar-refractivity contribution in [1.29, 1.82) is 0 Å². The van der Waals surface area contributed by atoms with E-state index in [0.29, 0.717) is 11.4 Å². The number of carbonyl (C=O) groups is 1. The third-order valence-corrected chi connectivity index (χ3v) is 5.60. The van der Waals surface area contributed by atoms with Gasteiger partial charge in [0.15, 0.2) is 0 Å². The number of rotatable bonds is 6. The minimum atomic E-state index is -0.250. The maximum Gasteiger partial charge on any atom is 0.290 e. The Balaban J connectivity index is 0.000000858. The van der Waals surface area contributed by atoms with Crippen LogP contribution in [-0.4, -0.2) is 69.0 Å². The van der Waals surface area contributed by atoms with E-state index in [1.165, 1.54) is 12.8 Å². The molecular weight excluding hydrogens is 400 g/mol. The van der Waals surface area contributed by atoms with Crippen LogP contribution in [0.3, 0.4) is 0 Å². The zero-order valence-corrected chi connectivity index (χ0v) is 17.5. The maximum atomic E-state index is 12.7. The molecule has 0 radical (unpaired) electrons. The van der Waals surface area contributed by atoms with E-state index >= 15 is 0 Å². The summed E-state index contributed by atoms with van der Waals surface area (Å²) in [5.41, 5.74) is 1.16. The van der Waals surface area contributed by atoms with E-state index in [1.807, 2.05) is 35.0 Å². The van der Waals surface area contributed by atoms with Gasteiger partial charge in [0.25, 0.3) is 12.0 Å². The highest BCUT2D eigenvalue weighted by molar-refractivity contribution is 5.83. The minimum absolute atomic E-state index is 0.156. The van der Waals surface area contributed by atoms with Gasteiger partial charge in [0, 0.05) is 42.4 Å². The summed E-state index contributed by atoms with van der Waals surface area (Å²) >= 11 is 0. The van der Waals surface area contributed by atoms with Crippen LogP contribution in [0.2, 0.25) is 0 Å². The number of aliphatic hydroxyl groups excluding tert-OH is 1. The fourth-order valence-electron chi connectivity index (χ4n) is 4.01. The van der Waals surface area contributed by atoms with Gasteiger partial charge in [-0.15, -0.1) is 0 Å². The molecule has 0 aliphatic carbocycles. The van der Waals surface area contributed by atoms with Crippen molar-refractivity contribution in [3.63, 3.8) is 0 Å². The number of pyridine rings is 1. The number of nitrogens with one attached hydrogen (secondary N) is 1. The van der Waals surface area contributed by atoms with Gasteiger partial charge in [-0.3, -0.25) is 14.5 Å². The Bertz CT molecular complexity index is 1060. The van der Waals surface area contributed by atoms with Gasteiger partial charge in [-0.2, -0.15) is 0 Å². The average molecular weight is 428 g/mol. The Hall–Kier alpha value is -3.17. The minimum Gasteiger partial charge on any atom is -0.497 e. The summed E-state index contributed by atoms with van der Waals surface area (Å²) in [5.74, 6) is 1.40. The van der Waals surface area contributed by atoms with Crippen LogP contribution in [0.1, 0.15) is 19.3 Å². The lowest BCUT2D eigenvalue weighted by Crippen LogP contribution is -2.43. The lowest BCUT2D eigenvalue weighted by Gasteiger charge is -2.34. The molecule has 4 rings (SSSR count). The first kappa shape index (κ1) is 22.5. The Morgan fingerprint density at radius 2 is 2.10 bits per heavy atom. The molecule has 1 aliphatic rings. The van der Waals surface area contributed by atoms with Crippen molar-refractivity contribution in [2.45, 2.75) is 31.8 Å². The molecule has 1 aromatic carbocycles. The molecule has 0 bridgehead atoms. The number of hydrogen-bond acceptors (Lipinski definition) is 6. The summed E-state index contributed by atoms with van der Waals surface area (Å²) in [5, 5.41) is 17.4. The standard InChI is InChI=1S/C21H26N4O3.CH2O2/c1-28-17-5-6-19-15(12-17)13-18(21(27)23-19)20-22-7-9-25(20)11-10-24-8-3-2-4-16(24)14-26;2-1-3/h5-7,9,12-13,16,26H,2-4,8,10-11,14H2,1H3,(H,23,27);1H,(H,2,3). The van der Waals surface area contributed by atoms with Crippen LogP contribution < -0.4 is 10.3 Å². The predicted molar refractivity (Wildman–Crippen MR) is 117 cm³/mol. The highest BCUT2D eigenvalue weighted by atomic mass is 16.5. The van der Waals surface area contributed by atoms with E-state index in [0.717, 1.165) is 42.7 Å². The topological polar surface area (TPSA) is 121 Å². The van der Waals surface area contributed by atoms with Gasteiger partial charge in [-0.1, -0.05) is 6.42 Å². The quantitative estimate of drug-likeness (QED) is 0.513. The van der Waals surface area contributed by atoms with Crippen molar-refractivity contribution in [3.05, 3.63) is 47.0 Å². The number of carboxylic acid groups (broad SMARTS) is 1. The summed E-state index contributed by atoms with van der Waals surface area (Å²) in [4.78, 5) is 30.7. The molecule has 1 aliphatic heterocycles. The van der Waals surface area contributed by atoms with E-state index in [1.54, 1.807) is 13.3 Å². The van der Waals surface area contributed by atoms with Gasteiger partial charge in [0.2, 0.25) is 0 Å². The average Bonchev–Trinajstić information content (AvgIpc) is 3.26. The number of H-pyrrole nitrogens is 1. The number of nitrogens with zero attached hydrogens (tertiary/aromatic N) is 3. The molecule has 1 saturated heterocycles. The number of likely N-dealkylation sites (tertiary alicyclic amines) is 1. The van der Waals surface area contributed by atoms with Crippen LogP contribution in [0.15, 0.2) is 41.5 Å². The number of methoxy groups -OCH3 is 1. The van der Waals surface area contributed by atoms with Crippen molar-refractivity contribution < 1.29 is 19.7 Å². The molecule has 3 aromatic rings. The first-order valence-corrected chi connectivity index (χ1v) is 10.3. The number of benzene rings is 1. The van der Waals surface area contributed by atoms with E-state index < -0.39 is 0 Å². The van der Waals surface area contributed by atoms with Gasteiger partial charge in [-0.25, -0.2) is 4.98 Å². The second kappa shape index (κ2) is 10.7. The SMILES string of the molecule is COc1ccc2[nH]c(=O)c(-c3nccn3CCN3CCCCC3CO)cc2c1.O=CO. The van der Waals surface area contributed by atoms with E-state index in [4.69, 9.17) is 14.6 Å². The highest BCUT2D eigenvalue weighted by Gasteiger charge is 2.21. The van der Waals surface area contributed by atoms with Crippen molar-refractivity contribution in [2.24, 2.45) is 0 Å². The number of ether oxygens (including phenoxy) is 1. The Morgan fingerprint density at radius 3 is 2.84 bits per heavy atom. The second-order valence-corrected chi connectivity index (χ2v) is 7.38. The molecule has 3 heterocycles. The molecular formula is C22H28N4O5. The van der Waals surface area contributed by atoms with Crippen molar-refractivity contribution in [1.82, 2.24) is 19.4 Å². The fourth-order valence-corrected chi connectivity index (χ4v) is 4.01.